The van der Waals surface area contributed by atoms with Gasteiger partial charge in [0, 0.05) is 33.4 Å². The molecule has 1 aromatic rings. The standard InChI is InChI=1S/C14H23NS/c1-6-8-15(9-7-2)12(4)14-10-11(3)16-13(14)5/h10H,5-9H2,1-4H3/b14-12+. The Labute approximate surface area is 103 Å². The van der Waals surface area contributed by atoms with E-state index < -0.39 is 0 Å². The molecule has 0 aliphatic heterocycles. The van der Waals surface area contributed by atoms with Crippen molar-refractivity contribution in [2.45, 2.75) is 40.5 Å². The first-order valence-electron chi connectivity index (χ1n) is 6.11. The second-order valence-corrected chi connectivity index (χ2v) is 5.61. The van der Waals surface area contributed by atoms with Gasteiger partial charge >= 0.3 is 0 Å². The molecule has 1 rings (SSSR count). The Hall–Kier alpha value is -0.760. The molecule has 0 saturated carbocycles. The average Bonchev–Trinajstić information content (AvgIpc) is 2.56. The van der Waals surface area contributed by atoms with Crippen LogP contribution in [0.1, 0.15) is 38.5 Å². The number of thiophene rings is 1. The first kappa shape index (κ1) is 13.3. The Morgan fingerprint density at radius 2 is 1.88 bits per heavy atom. The molecule has 0 aliphatic rings. The minimum Gasteiger partial charge on any atom is -0.375 e. The summed E-state index contributed by atoms with van der Waals surface area (Å²) in [6.07, 6.45) is 2.40. The molecule has 0 unspecified atom stereocenters. The number of hydrogen-bond donors (Lipinski definition) is 0. The molecule has 0 radical (unpaired) electrons. The summed E-state index contributed by atoms with van der Waals surface area (Å²) >= 11 is 1.79. The molecule has 16 heavy (non-hydrogen) atoms. The molecule has 1 nitrogen and oxygen atoms in total. The third kappa shape index (κ3) is 3.11. The summed E-state index contributed by atoms with van der Waals surface area (Å²) in [4.78, 5) is 3.84. The van der Waals surface area contributed by atoms with Gasteiger partial charge in [-0.25, -0.2) is 0 Å². The van der Waals surface area contributed by atoms with E-state index in [1.807, 2.05) is 0 Å². The van der Waals surface area contributed by atoms with E-state index in [0.29, 0.717) is 0 Å². The zero-order chi connectivity index (χ0) is 12.1. The molecular formula is C14H23NS. The van der Waals surface area contributed by atoms with Crippen LogP contribution in [-0.2, 0) is 0 Å². The SMILES string of the molecule is C=c1sc(C)c/c1=C(/C)N(CCC)CCC. The van der Waals surface area contributed by atoms with Crippen molar-refractivity contribution in [2.75, 3.05) is 13.1 Å². The second-order valence-electron chi connectivity index (χ2n) is 4.27. The Balaban J connectivity index is 3.13. The van der Waals surface area contributed by atoms with Crippen LogP contribution < -0.4 is 9.75 Å². The van der Waals surface area contributed by atoms with Crippen LogP contribution in [0.2, 0.25) is 0 Å². The Morgan fingerprint density at radius 3 is 2.25 bits per heavy atom. The minimum absolute atomic E-state index is 1.15. The third-order valence-corrected chi connectivity index (χ3v) is 3.69. The predicted molar refractivity (Wildman–Crippen MR) is 75.1 cm³/mol. The van der Waals surface area contributed by atoms with E-state index >= 15 is 0 Å². The third-order valence-electron chi connectivity index (χ3n) is 2.78. The van der Waals surface area contributed by atoms with Gasteiger partial charge in [0.2, 0.25) is 0 Å². The van der Waals surface area contributed by atoms with Crippen molar-refractivity contribution < 1.29 is 0 Å². The number of nitrogens with zero attached hydrogens (tertiary/aromatic N) is 1. The highest BCUT2D eigenvalue weighted by Gasteiger charge is 2.05. The molecule has 1 aromatic heterocycles. The van der Waals surface area contributed by atoms with E-state index in [1.54, 1.807) is 11.3 Å². The quantitative estimate of drug-likeness (QED) is 0.761. The molecule has 0 atom stereocenters. The van der Waals surface area contributed by atoms with Crippen LogP contribution in [0.4, 0.5) is 0 Å². The first-order chi connectivity index (χ1) is 7.60. The van der Waals surface area contributed by atoms with Crippen LogP contribution in [0.5, 0.6) is 0 Å². The van der Waals surface area contributed by atoms with Crippen LogP contribution in [-0.4, -0.2) is 18.0 Å². The Morgan fingerprint density at radius 1 is 1.31 bits per heavy atom. The molecule has 2 heteroatoms. The van der Waals surface area contributed by atoms with Gasteiger partial charge in [0.15, 0.2) is 0 Å². The Kier molecular flexibility index (Phi) is 5.07. The molecule has 0 aliphatic carbocycles. The number of hydrogen-bond acceptors (Lipinski definition) is 2. The van der Waals surface area contributed by atoms with E-state index in [4.69, 9.17) is 0 Å². The minimum atomic E-state index is 1.15. The van der Waals surface area contributed by atoms with E-state index in [2.05, 4.69) is 45.2 Å². The van der Waals surface area contributed by atoms with Crippen molar-refractivity contribution in [2.24, 2.45) is 0 Å². The normalized spacial score (nSPS) is 12.8. The fourth-order valence-corrected chi connectivity index (χ4v) is 2.91. The molecule has 0 spiro atoms. The van der Waals surface area contributed by atoms with Crippen LogP contribution in [0, 0.1) is 6.92 Å². The van der Waals surface area contributed by atoms with Gasteiger partial charge in [-0.15, -0.1) is 11.3 Å². The lowest BCUT2D eigenvalue weighted by Gasteiger charge is -2.24. The summed E-state index contributed by atoms with van der Waals surface area (Å²) in [5.74, 6) is 0. The second kappa shape index (κ2) is 6.09. The monoisotopic (exact) mass is 237 g/mol. The topological polar surface area (TPSA) is 3.24 Å². The maximum atomic E-state index is 4.14. The van der Waals surface area contributed by atoms with Gasteiger partial charge in [-0.1, -0.05) is 20.4 Å². The maximum Gasteiger partial charge on any atom is 0.0291 e. The summed E-state index contributed by atoms with van der Waals surface area (Å²) < 4.78 is 1.20. The maximum absolute atomic E-state index is 4.14. The summed E-state index contributed by atoms with van der Waals surface area (Å²) in [6, 6.07) is 2.26. The summed E-state index contributed by atoms with van der Waals surface area (Å²) in [7, 11) is 0. The van der Waals surface area contributed by atoms with E-state index in [0.717, 1.165) is 13.1 Å². The van der Waals surface area contributed by atoms with Crippen LogP contribution in [0.3, 0.4) is 0 Å². The summed E-state index contributed by atoms with van der Waals surface area (Å²) in [5, 5.41) is 1.34. The smallest absolute Gasteiger partial charge is 0.0291 e. The van der Waals surface area contributed by atoms with Crippen molar-refractivity contribution in [3.8, 4) is 0 Å². The number of rotatable bonds is 5. The molecular weight excluding hydrogens is 214 g/mol. The fourth-order valence-electron chi connectivity index (χ4n) is 2.03. The lowest BCUT2D eigenvalue weighted by atomic mass is 10.2. The first-order valence-corrected chi connectivity index (χ1v) is 6.93. The van der Waals surface area contributed by atoms with Gasteiger partial charge in [0.05, 0.1) is 0 Å². The molecule has 0 fully saturated rings. The summed E-state index contributed by atoms with van der Waals surface area (Å²) in [6.45, 7) is 15.3. The van der Waals surface area contributed by atoms with Crippen molar-refractivity contribution in [3.63, 3.8) is 0 Å². The van der Waals surface area contributed by atoms with Gasteiger partial charge < -0.3 is 4.90 Å². The molecule has 0 amide bonds. The van der Waals surface area contributed by atoms with Crippen molar-refractivity contribution in [3.05, 3.63) is 20.7 Å². The van der Waals surface area contributed by atoms with Gasteiger partial charge in [-0.3, -0.25) is 0 Å². The lowest BCUT2D eigenvalue weighted by Crippen LogP contribution is -2.31. The fraction of sp³-hybridized carbons (Fsp3) is 0.571. The van der Waals surface area contributed by atoms with Gasteiger partial charge in [-0.2, -0.15) is 0 Å². The zero-order valence-electron chi connectivity index (χ0n) is 11.0. The highest BCUT2D eigenvalue weighted by molar-refractivity contribution is 7.09. The van der Waals surface area contributed by atoms with Gasteiger partial charge in [0.1, 0.15) is 0 Å². The molecule has 90 valence electrons. The van der Waals surface area contributed by atoms with Crippen LogP contribution >= 0.6 is 11.3 Å². The molecule has 0 N–H and O–H groups in total. The highest BCUT2D eigenvalue weighted by atomic mass is 32.1. The van der Waals surface area contributed by atoms with Crippen LogP contribution in [0.15, 0.2) is 6.07 Å². The van der Waals surface area contributed by atoms with Crippen LogP contribution in [0.25, 0.3) is 12.3 Å². The molecule has 0 bridgehead atoms. The zero-order valence-corrected chi connectivity index (χ0v) is 11.8. The predicted octanol–water partition coefficient (Wildman–Crippen LogP) is 2.72. The molecule has 1 heterocycles. The largest absolute Gasteiger partial charge is 0.375 e. The molecule has 0 aromatic carbocycles. The number of aryl methyl sites for hydroxylation is 1. The van der Waals surface area contributed by atoms with E-state index in [1.165, 1.54) is 33.2 Å². The van der Waals surface area contributed by atoms with Crippen molar-refractivity contribution >= 4 is 23.6 Å². The molecule has 0 saturated heterocycles. The van der Waals surface area contributed by atoms with Gasteiger partial charge in [-0.05, 0) is 32.8 Å². The summed E-state index contributed by atoms with van der Waals surface area (Å²) in [5.41, 5.74) is 1.39. The van der Waals surface area contributed by atoms with E-state index in [9.17, 15) is 0 Å². The Bertz CT molecular complexity index is 424. The van der Waals surface area contributed by atoms with Crippen molar-refractivity contribution in [1.82, 2.24) is 4.90 Å². The van der Waals surface area contributed by atoms with E-state index in [-0.39, 0.29) is 0 Å². The van der Waals surface area contributed by atoms with Crippen molar-refractivity contribution in [1.29, 1.82) is 0 Å². The van der Waals surface area contributed by atoms with Gasteiger partial charge in [0.25, 0.3) is 0 Å². The average molecular weight is 237 g/mol. The highest BCUT2D eigenvalue weighted by Crippen LogP contribution is 2.06. The lowest BCUT2D eigenvalue weighted by molar-refractivity contribution is 0.390.